The van der Waals surface area contributed by atoms with Crippen LogP contribution >= 0.6 is 15.9 Å². The molecule has 0 radical (unpaired) electrons. The van der Waals surface area contributed by atoms with Crippen LogP contribution in [0.15, 0.2) is 28.9 Å². The highest BCUT2D eigenvalue weighted by atomic mass is 79.9. The van der Waals surface area contributed by atoms with Gasteiger partial charge in [0.05, 0.1) is 17.6 Å². The Hall–Kier alpha value is -1.69. The average molecular weight is 309 g/mol. The summed E-state index contributed by atoms with van der Waals surface area (Å²) in [7, 11) is 0. The first kappa shape index (κ1) is 12.8. The minimum absolute atomic E-state index is 0.131. The number of aromatic nitrogens is 3. The van der Waals surface area contributed by atoms with Crippen LogP contribution in [0.4, 0.5) is 5.69 Å². The standard InChI is InChI=1S/C12H13BrN4O/c1-8-3-4-11(10(13)5-8)15-12(18)7-17-9(2)6-14-16-17/h3-6H,7H2,1-2H3,(H,15,18). The summed E-state index contributed by atoms with van der Waals surface area (Å²) in [5.74, 6) is -0.131. The van der Waals surface area contributed by atoms with Gasteiger partial charge in [-0.3, -0.25) is 4.79 Å². The molecule has 0 saturated carbocycles. The molecule has 5 nitrogen and oxygen atoms in total. The molecule has 1 aromatic heterocycles. The molecular formula is C12H13BrN4O. The Bertz CT molecular complexity index is 579. The van der Waals surface area contributed by atoms with Gasteiger partial charge in [0.15, 0.2) is 0 Å². The zero-order valence-electron chi connectivity index (χ0n) is 10.1. The maximum absolute atomic E-state index is 11.8. The van der Waals surface area contributed by atoms with Crippen molar-refractivity contribution in [3.63, 3.8) is 0 Å². The molecule has 1 heterocycles. The zero-order valence-corrected chi connectivity index (χ0v) is 11.7. The molecule has 1 N–H and O–H groups in total. The molecule has 2 rings (SSSR count). The van der Waals surface area contributed by atoms with E-state index in [1.807, 2.05) is 32.0 Å². The molecule has 0 aliphatic carbocycles. The molecule has 6 heteroatoms. The molecule has 0 bridgehead atoms. The van der Waals surface area contributed by atoms with E-state index < -0.39 is 0 Å². The number of aryl methyl sites for hydroxylation is 2. The number of hydrogen-bond acceptors (Lipinski definition) is 3. The third-order valence-corrected chi connectivity index (χ3v) is 3.16. The van der Waals surface area contributed by atoms with Crippen molar-refractivity contribution >= 4 is 27.5 Å². The Morgan fingerprint density at radius 2 is 2.22 bits per heavy atom. The number of carbonyl (C=O) groups is 1. The lowest BCUT2D eigenvalue weighted by molar-refractivity contribution is -0.117. The van der Waals surface area contributed by atoms with Crippen molar-refractivity contribution in [2.75, 3.05) is 5.32 Å². The maximum Gasteiger partial charge on any atom is 0.246 e. The second-order valence-electron chi connectivity index (χ2n) is 4.06. The number of hydrogen-bond donors (Lipinski definition) is 1. The number of nitrogens with zero attached hydrogens (tertiary/aromatic N) is 3. The molecule has 2 aromatic rings. The largest absolute Gasteiger partial charge is 0.323 e. The Kier molecular flexibility index (Phi) is 3.76. The molecule has 0 saturated heterocycles. The van der Waals surface area contributed by atoms with Crippen LogP contribution in [0.2, 0.25) is 0 Å². The monoisotopic (exact) mass is 308 g/mol. The van der Waals surface area contributed by atoms with Crippen LogP contribution in [-0.4, -0.2) is 20.9 Å². The molecule has 18 heavy (non-hydrogen) atoms. The van der Waals surface area contributed by atoms with Gasteiger partial charge >= 0.3 is 0 Å². The molecule has 0 spiro atoms. The summed E-state index contributed by atoms with van der Waals surface area (Å²) in [6.45, 7) is 4.01. The van der Waals surface area contributed by atoms with Gasteiger partial charge in [0.2, 0.25) is 5.91 Å². The molecule has 0 fully saturated rings. The van der Waals surface area contributed by atoms with Gasteiger partial charge in [0.1, 0.15) is 6.54 Å². The van der Waals surface area contributed by atoms with Crippen LogP contribution in [-0.2, 0) is 11.3 Å². The molecule has 0 atom stereocenters. The van der Waals surface area contributed by atoms with Crippen LogP contribution in [0.1, 0.15) is 11.3 Å². The molecule has 0 aliphatic rings. The number of halogens is 1. The number of anilines is 1. The van der Waals surface area contributed by atoms with E-state index in [1.54, 1.807) is 10.9 Å². The molecular weight excluding hydrogens is 296 g/mol. The van der Waals surface area contributed by atoms with Crippen molar-refractivity contribution in [3.8, 4) is 0 Å². The maximum atomic E-state index is 11.8. The van der Waals surface area contributed by atoms with Gasteiger partial charge in [0.25, 0.3) is 0 Å². The summed E-state index contributed by atoms with van der Waals surface area (Å²) in [5, 5.41) is 10.4. The van der Waals surface area contributed by atoms with E-state index in [1.165, 1.54) is 0 Å². The van der Waals surface area contributed by atoms with Crippen LogP contribution in [0, 0.1) is 13.8 Å². The lowest BCUT2D eigenvalue weighted by Crippen LogP contribution is -2.20. The van der Waals surface area contributed by atoms with Gasteiger partial charge in [-0.2, -0.15) is 0 Å². The minimum Gasteiger partial charge on any atom is -0.323 e. The fourth-order valence-electron chi connectivity index (χ4n) is 1.51. The Labute approximate surface area is 113 Å². The highest BCUT2D eigenvalue weighted by molar-refractivity contribution is 9.10. The topological polar surface area (TPSA) is 59.8 Å². The van der Waals surface area contributed by atoms with E-state index >= 15 is 0 Å². The van der Waals surface area contributed by atoms with Gasteiger partial charge in [-0.25, -0.2) is 4.68 Å². The number of nitrogens with one attached hydrogen (secondary N) is 1. The Balaban J connectivity index is 2.05. The van der Waals surface area contributed by atoms with Gasteiger partial charge in [-0.05, 0) is 47.5 Å². The summed E-state index contributed by atoms with van der Waals surface area (Å²) in [6, 6.07) is 5.77. The summed E-state index contributed by atoms with van der Waals surface area (Å²) < 4.78 is 2.42. The fourth-order valence-corrected chi connectivity index (χ4v) is 2.10. The fraction of sp³-hybridized carbons (Fsp3) is 0.250. The van der Waals surface area contributed by atoms with Crippen LogP contribution < -0.4 is 5.32 Å². The van der Waals surface area contributed by atoms with E-state index in [0.29, 0.717) is 0 Å². The highest BCUT2D eigenvalue weighted by Gasteiger charge is 2.08. The average Bonchev–Trinajstić information content (AvgIpc) is 2.69. The highest BCUT2D eigenvalue weighted by Crippen LogP contribution is 2.23. The summed E-state index contributed by atoms with van der Waals surface area (Å²) in [5.41, 5.74) is 2.74. The first-order chi connectivity index (χ1) is 8.56. The Morgan fingerprint density at radius 3 is 2.83 bits per heavy atom. The van der Waals surface area contributed by atoms with Crippen LogP contribution in [0.5, 0.6) is 0 Å². The lowest BCUT2D eigenvalue weighted by Gasteiger charge is -2.08. The molecule has 94 valence electrons. The summed E-state index contributed by atoms with van der Waals surface area (Å²) in [4.78, 5) is 11.8. The van der Waals surface area contributed by atoms with Crippen LogP contribution in [0.25, 0.3) is 0 Å². The predicted molar refractivity (Wildman–Crippen MR) is 72.3 cm³/mol. The van der Waals surface area contributed by atoms with Crippen molar-refractivity contribution in [1.82, 2.24) is 15.0 Å². The van der Waals surface area contributed by atoms with Crippen molar-refractivity contribution in [3.05, 3.63) is 40.1 Å². The van der Waals surface area contributed by atoms with E-state index in [9.17, 15) is 4.79 Å². The quantitative estimate of drug-likeness (QED) is 0.946. The Morgan fingerprint density at radius 1 is 1.44 bits per heavy atom. The SMILES string of the molecule is Cc1ccc(NC(=O)Cn2nncc2C)c(Br)c1. The van der Waals surface area contributed by atoms with Gasteiger partial charge in [-0.15, -0.1) is 5.10 Å². The third kappa shape index (κ3) is 2.95. The number of carbonyl (C=O) groups excluding carboxylic acids is 1. The van der Waals surface area contributed by atoms with Crippen molar-refractivity contribution < 1.29 is 4.79 Å². The van der Waals surface area contributed by atoms with Crippen molar-refractivity contribution in [2.45, 2.75) is 20.4 Å². The molecule has 1 amide bonds. The molecule has 0 unspecified atom stereocenters. The second kappa shape index (κ2) is 5.30. The third-order valence-electron chi connectivity index (χ3n) is 2.50. The second-order valence-corrected chi connectivity index (χ2v) is 4.92. The summed E-state index contributed by atoms with van der Waals surface area (Å²) in [6.07, 6.45) is 1.62. The van der Waals surface area contributed by atoms with Crippen molar-refractivity contribution in [1.29, 1.82) is 0 Å². The first-order valence-corrected chi connectivity index (χ1v) is 6.26. The number of amides is 1. The van der Waals surface area contributed by atoms with Crippen LogP contribution in [0.3, 0.4) is 0 Å². The molecule has 0 aliphatic heterocycles. The summed E-state index contributed by atoms with van der Waals surface area (Å²) >= 11 is 3.42. The number of rotatable bonds is 3. The smallest absolute Gasteiger partial charge is 0.246 e. The van der Waals surface area contributed by atoms with E-state index in [4.69, 9.17) is 0 Å². The van der Waals surface area contributed by atoms with Gasteiger partial charge in [0, 0.05) is 4.47 Å². The van der Waals surface area contributed by atoms with E-state index in [0.717, 1.165) is 21.4 Å². The van der Waals surface area contributed by atoms with E-state index in [-0.39, 0.29) is 12.5 Å². The zero-order chi connectivity index (χ0) is 13.1. The van der Waals surface area contributed by atoms with E-state index in [2.05, 4.69) is 31.6 Å². The predicted octanol–water partition coefficient (Wildman–Crippen LogP) is 2.30. The lowest BCUT2D eigenvalue weighted by atomic mass is 10.2. The normalized spacial score (nSPS) is 10.4. The van der Waals surface area contributed by atoms with Gasteiger partial charge in [-0.1, -0.05) is 11.3 Å². The molecule has 1 aromatic carbocycles. The van der Waals surface area contributed by atoms with Crippen molar-refractivity contribution in [2.24, 2.45) is 0 Å². The first-order valence-electron chi connectivity index (χ1n) is 5.47. The number of benzene rings is 1. The van der Waals surface area contributed by atoms with Gasteiger partial charge < -0.3 is 5.32 Å². The minimum atomic E-state index is -0.131.